The van der Waals surface area contributed by atoms with Crippen molar-refractivity contribution in [2.45, 2.75) is 36.6 Å². The number of nitrogens with zero attached hydrogens (tertiary/aromatic N) is 2. The van der Waals surface area contributed by atoms with Gasteiger partial charge in [-0.2, -0.15) is 4.31 Å². The van der Waals surface area contributed by atoms with Crippen molar-refractivity contribution < 1.29 is 18.0 Å². The molecule has 2 heterocycles. The van der Waals surface area contributed by atoms with Crippen LogP contribution in [0.15, 0.2) is 29.2 Å². The molecule has 2 saturated heterocycles. The zero-order chi connectivity index (χ0) is 18.9. The lowest BCUT2D eigenvalue weighted by molar-refractivity contribution is -0.137. The van der Waals surface area contributed by atoms with Crippen molar-refractivity contribution in [1.82, 2.24) is 9.21 Å². The normalized spacial score (nSPS) is 22.5. The van der Waals surface area contributed by atoms with Gasteiger partial charge >= 0.3 is 0 Å². The average Bonchev–Trinajstić information content (AvgIpc) is 3.12. The third kappa shape index (κ3) is 3.72. The quantitative estimate of drug-likeness (QED) is 0.822. The zero-order valence-corrected chi connectivity index (χ0v) is 15.9. The van der Waals surface area contributed by atoms with Crippen molar-refractivity contribution >= 4 is 33.4 Å². The van der Waals surface area contributed by atoms with E-state index in [1.165, 1.54) is 28.6 Å². The molecule has 0 aliphatic carbocycles. The molecule has 0 aromatic heterocycles. The summed E-state index contributed by atoms with van der Waals surface area (Å²) < 4.78 is 27.2. The van der Waals surface area contributed by atoms with Gasteiger partial charge in [0.05, 0.1) is 4.90 Å². The number of carbonyl (C=O) groups excluding carboxylic acids is 2. The van der Waals surface area contributed by atoms with Gasteiger partial charge in [-0.05, 0) is 49.9 Å². The Morgan fingerprint density at radius 3 is 2.23 bits per heavy atom. The van der Waals surface area contributed by atoms with Gasteiger partial charge in [0.1, 0.15) is 6.04 Å². The molecule has 1 unspecified atom stereocenters. The van der Waals surface area contributed by atoms with E-state index in [-0.39, 0.29) is 22.6 Å². The molecule has 1 atom stereocenters. The molecular weight excluding hydrogens is 378 g/mol. The van der Waals surface area contributed by atoms with Crippen molar-refractivity contribution in [3.63, 3.8) is 0 Å². The molecule has 3 rings (SSSR count). The fourth-order valence-corrected chi connectivity index (χ4v) is 5.39. The number of hydrogen-bond acceptors (Lipinski definition) is 4. The van der Waals surface area contributed by atoms with E-state index in [2.05, 4.69) is 0 Å². The van der Waals surface area contributed by atoms with Crippen molar-refractivity contribution in [2.75, 3.05) is 19.6 Å². The van der Waals surface area contributed by atoms with Crippen LogP contribution in [0.25, 0.3) is 0 Å². The topological polar surface area (TPSA) is 101 Å². The highest BCUT2D eigenvalue weighted by molar-refractivity contribution is 7.89. The summed E-state index contributed by atoms with van der Waals surface area (Å²) >= 11 is 5.83. The van der Waals surface area contributed by atoms with Crippen molar-refractivity contribution in [3.8, 4) is 0 Å². The highest BCUT2D eigenvalue weighted by atomic mass is 35.5. The summed E-state index contributed by atoms with van der Waals surface area (Å²) in [6.07, 6.45) is 2.19. The van der Waals surface area contributed by atoms with E-state index in [1.54, 1.807) is 4.90 Å². The van der Waals surface area contributed by atoms with Crippen LogP contribution in [-0.2, 0) is 19.6 Å². The van der Waals surface area contributed by atoms with Crippen LogP contribution in [0.5, 0.6) is 0 Å². The summed E-state index contributed by atoms with van der Waals surface area (Å²) in [6, 6.07) is 5.26. The smallest absolute Gasteiger partial charge is 0.243 e. The third-order valence-corrected chi connectivity index (χ3v) is 7.29. The van der Waals surface area contributed by atoms with Crippen molar-refractivity contribution in [3.05, 3.63) is 29.3 Å². The predicted molar refractivity (Wildman–Crippen MR) is 96.9 cm³/mol. The molecule has 2 aliphatic rings. The van der Waals surface area contributed by atoms with E-state index in [0.717, 1.165) is 0 Å². The lowest BCUT2D eigenvalue weighted by atomic mass is 9.96. The van der Waals surface area contributed by atoms with Crippen LogP contribution in [0.3, 0.4) is 0 Å². The van der Waals surface area contributed by atoms with E-state index in [1.807, 2.05) is 0 Å². The summed E-state index contributed by atoms with van der Waals surface area (Å²) in [5, 5.41) is 0.454. The Labute approximate surface area is 158 Å². The van der Waals surface area contributed by atoms with Crippen molar-refractivity contribution in [1.29, 1.82) is 0 Å². The number of amides is 2. The number of halogens is 1. The molecular formula is C17H22ClN3O4S. The molecule has 2 fully saturated rings. The van der Waals surface area contributed by atoms with Crippen LogP contribution in [0, 0.1) is 5.92 Å². The maximum Gasteiger partial charge on any atom is 0.243 e. The van der Waals surface area contributed by atoms with Gasteiger partial charge in [-0.1, -0.05) is 11.6 Å². The van der Waals surface area contributed by atoms with Gasteiger partial charge in [-0.15, -0.1) is 0 Å². The second-order valence-electron chi connectivity index (χ2n) is 6.73. The highest BCUT2D eigenvalue weighted by Crippen LogP contribution is 2.29. The minimum atomic E-state index is -3.76. The van der Waals surface area contributed by atoms with Crippen LogP contribution in [0.4, 0.5) is 0 Å². The number of nitrogens with two attached hydrogens (primary N) is 1. The average molecular weight is 400 g/mol. The van der Waals surface area contributed by atoms with E-state index in [9.17, 15) is 18.0 Å². The first kappa shape index (κ1) is 19.1. The molecule has 0 bridgehead atoms. The molecule has 26 heavy (non-hydrogen) atoms. The first-order valence-corrected chi connectivity index (χ1v) is 10.5. The first-order valence-electron chi connectivity index (χ1n) is 8.66. The number of benzene rings is 1. The van der Waals surface area contributed by atoms with Crippen LogP contribution >= 0.6 is 11.6 Å². The van der Waals surface area contributed by atoms with Crippen LogP contribution in [0.1, 0.15) is 25.7 Å². The number of piperidine rings is 1. The van der Waals surface area contributed by atoms with Gasteiger partial charge in [0.25, 0.3) is 0 Å². The fourth-order valence-electron chi connectivity index (χ4n) is 3.61. The maximum absolute atomic E-state index is 12.9. The molecule has 2 N–H and O–H groups in total. The first-order chi connectivity index (χ1) is 12.3. The van der Waals surface area contributed by atoms with E-state index >= 15 is 0 Å². The summed E-state index contributed by atoms with van der Waals surface area (Å²) in [7, 11) is -3.76. The number of primary amides is 1. The predicted octanol–water partition coefficient (Wildman–Crippen LogP) is 1.22. The van der Waals surface area contributed by atoms with Crippen LogP contribution < -0.4 is 5.73 Å². The molecule has 142 valence electrons. The molecule has 0 saturated carbocycles. The second kappa shape index (κ2) is 7.54. The Kier molecular flexibility index (Phi) is 5.55. The Balaban J connectivity index is 1.74. The minimum Gasteiger partial charge on any atom is -0.369 e. The zero-order valence-electron chi connectivity index (χ0n) is 14.3. The lowest BCUT2D eigenvalue weighted by Gasteiger charge is -2.34. The second-order valence-corrected chi connectivity index (χ2v) is 9.06. The van der Waals surface area contributed by atoms with Gasteiger partial charge in [-0.3, -0.25) is 9.59 Å². The van der Waals surface area contributed by atoms with Gasteiger partial charge in [0.2, 0.25) is 21.8 Å². The molecule has 0 radical (unpaired) electrons. The lowest BCUT2D eigenvalue weighted by Crippen LogP contribution is -2.50. The van der Waals surface area contributed by atoms with E-state index in [0.29, 0.717) is 50.3 Å². The monoisotopic (exact) mass is 399 g/mol. The van der Waals surface area contributed by atoms with Gasteiger partial charge in [0.15, 0.2) is 0 Å². The number of sulfonamides is 1. The van der Waals surface area contributed by atoms with Crippen molar-refractivity contribution in [2.24, 2.45) is 11.7 Å². The summed E-state index contributed by atoms with van der Waals surface area (Å²) in [4.78, 5) is 26.0. The van der Waals surface area contributed by atoms with Gasteiger partial charge in [0, 0.05) is 30.6 Å². The summed E-state index contributed by atoms with van der Waals surface area (Å²) in [5.41, 5.74) is 5.33. The van der Waals surface area contributed by atoms with Gasteiger partial charge < -0.3 is 10.6 Å². The van der Waals surface area contributed by atoms with E-state index < -0.39 is 16.1 Å². The maximum atomic E-state index is 12.9. The molecule has 0 spiro atoms. The minimum absolute atomic E-state index is 0.133. The fraction of sp³-hybridized carbons (Fsp3) is 0.529. The number of likely N-dealkylation sites (tertiary alicyclic amines) is 1. The Morgan fingerprint density at radius 2 is 1.65 bits per heavy atom. The Hall–Kier alpha value is -1.64. The molecule has 1 aromatic rings. The number of hydrogen-bond donors (Lipinski definition) is 1. The third-order valence-electron chi connectivity index (χ3n) is 5.12. The molecule has 2 amide bonds. The molecule has 7 nitrogen and oxygen atoms in total. The van der Waals surface area contributed by atoms with Crippen LogP contribution in [0.2, 0.25) is 5.02 Å². The standard InChI is InChI=1S/C17H22ClN3O4S/c18-13-3-5-14(6-4-13)26(24,25)21-9-1-2-15(21)17(23)20-10-7-12(8-11-20)16(19)22/h3-6,12,15H,1-2,7-11H2,(H2,19,22). The SMILES string of the molecule is NC(=O)C1CCN(C(=O)C2CCCN2S(=O)(=O)c2ccc(Cl)cc2)CC1. The van der Waals surface area contributed by atoms with Crippen LogP contribution in [-0.4, -0.2) is 55.1 Å². The summed E-state index contributed by atoms with van der Waals surface area (Å²) in [5.74, 6) is -0.746. The van der Waals surface area contributed by atoms with Gasteiger partial charge in [-0.25, -0.2) is 8.42 Å². The number of carbonyl (C=O) groups is 2. The molecule has 1 aromatic carbocycles. The Bertz CT molecular complexity index is 789. The summed E-state index contributed by atoms with van der Waals surface area (Å²) in [6.45, 7) is 1.18. The largest absolute Gasteiger partial charge is 0.369 e. The Morgan fingerprint density at radius 1 is 1.04 bits per heavy atom. The highest BCUT2D eigenvalue weighted by Gasteiger charge is 2.41. The van der Waals surface area contributed by atoms with E-state index in [4.69, 9.17) is 17.3 Å². The molecule has 9 heteroatoms. The molecule has 2 aliphatic heterocycles. The number of rotatable bonds is 4.